The van der Waals surface area contributed by atoms with Crippen LogP contribution in [-0.4, -0.2) is 30.9 Å². The number of ether oxygens (including phenoxy) is 1. The van der Waals surface area contributed by atoms with Crippen molar-refractivity contribution in [2.45, 2.75) is 12.4 Å². The van der Waals surface area contributed by atoms with E-state index >= 15 is 0 Å². The number of nitrogens with zero attached hydrogens (tertiary/aromatic N) is 1. The van der Waals surface area contributed by atoms with Crippen LogP contribution in [0, 0.1) is 0 Å². The van der Waals surface area contributed by atoms with Crippen molar-refractivity contribution in [3.05, 3.63) is 34.4 Å². The van der Waals surface area contributed by atoms with Gasteiger partial charge in [0.15, 0.2) is 6.23 Å². The molecule has 1 aliphatic heterocycles. The molecule has 1 aromatic rings. The Balaban J connectivity index is 2.79. The van der Waals surface area contributed by atoms with Gasteiger partial charge in [-0.1, -0.05) is 0 Å². The molecule has 20 heavy (non-hydrogen) atoms. The predicted molar refractivity (Wildman–Crippen MR) is 61.8 cm³/mol. The molecule has 1 atom stereocenters. The van der Waals surface area contributed by atoms with E-state index in [0.29, 0.717) is 6.07 Å². The average Bonchev–Trinajstić information content (AvgIpc) is 2.59. The lowest BCUT2D eigenvalue weighted by Gasteiger charge is -2.21. The number of carbonyl (C=O) groups is 2. The van der Waals surface area contributed by atoms with Gasteiger partial charge in [0.2, 0.25) is 5.91 Å². The van der Waals surface area contributed by atoms with Crippen molar-refractivity contribution >= 4 is 11.8 Å². The summed E-state index contributed by atoms with van der Waals surface area (Å²) in [5.41, 5.74) is 3.04. The van der Waals surface area contributed by atoms with Crippen molar-refractivity contribution in [2.24, 2.45) is 5.73 Å². The van der Waals surface area contributed by atoms with E-state index in [9.17, 15) is 22.8 Å². The molecule has 0 saturated carbocycles. The molecule has 8 heteroatoms. The molecule has 1 heterocycles. The van der Waals surface area contributed by atoms with Crippen LogP contribution in [-0.2, 0) is 10.9 Å². The average molecular weight is 288 g/mol. The minimum Gasteiger partial charge on any atom is -0.366 e. The fourth-order valence-electron chi connectivity index (χ4n) is 2.24. The molecule has 0 saturated heterocycles. The minimum absolute atomic E-state index is 0.219. The smallest absolute Gasteiger partial charge is 0.366 e. The van der Waals surface area contributed by atoms with Crippen molar-refractivity contribution in [3.8, 4) is 0 Å². The summed E-state index contributed by atoms with van der Waals surface area (Å²) in [5, 5.41) is 0. The number of nitrogens with two attached hydrogens (primary N) is 1. The van der Waals surface area contributed by atoms with Crippen LogP contribution in [0.25, 0.3) is 0 Å². The number of hydrogen-bond acceptors (Lipinski definition) is 3. The molecule has 5 nitrogen and oxygen atoms in total. The topological polar surface area (TPSA) is 72.6 Å². The van der Waals surface area contributed by atoms with E-state index in [1.807, 2.05) is 0 Å². The van der Waals surface area contributed by atoms with Crippen LogP contribution < -0.4 is 5.73 Å². The lowest BCUT2D eigenvalue weighted by molar-refractivity contribution is -0.140. The second-order valence-corrected chi connectivity index (χ2v) is 4.35. The first-order valence-corrected chi connectivity index (χ1v) is 5.53. The maximum atomic E-state index is 13.1. The highest BCUT2D eigenvalue weighted by atomic mass is 19.4. The second-order valence-electron chi connectivity index (χ2n) is 4.35. The van der Waals surface area contributed by atoms with Gasteiger partial charge >= 0.3 is 6.18 Å². The van der Waals surface area contributed by atoms with Crippen LogP contribution >= 0.6 is 0 Å². The molecule has 0 spiro atoms. The summed E-state index contributed by atoms with van der Waals surface area (Å²) < 4.78 is 44.3. The summed E-state index contributed by atoms with van der Waals surface area (Å²) in [7, 11) is 2.52. The van der Waals surface area contributed by atoms with Crippen LogP contribution in [0.15, 0.2) is 12.1 Å². The Bertz CT molecular complexity index is 598. The van der Waals surface area contributed by atoms with Crippen LogP contribution in [0.2, 0.25) is 0 Å². The van der Waals surface area contributed by atoms with Gasteiger partial charge in [-0.15, -0.1) is 0 Å². The van der Waals surface area contributed by atoms with Crippen LogP contribution in [0.4, 0.5) is 13.2 Å². The fraction of sp³-hybridized carbons (Fsp3) is 0.333. The van der Waals surface area contributed by atoms with Crippen LogP contribution in [0.1, 0.15) is 38.1 Å². The number of amides is 2. The molecule has 0 aromatic heterocycles. The van der Waals surface area contributed by atoms with E-state index in [0.717, 1.165) is 11.0 Å². The number of primary amides is 1. The third kappa shape index (κ3) is 2.01. The summed E-state index contributed by atoms with van der Waals surface area (Å²) in [6.45, 7) is 0. The van der Waals surface area contributed by atoms with Gasteiger partial charge < -0.3 is 15.4 Å². The maximum Gasteiger partial charge on any atom is 0.416 e. The molecule has 108 valence electrons. The first-order valence-electron chi connectivity index (χ1n) is 5.53. The van der Waals surface area contributed by atoms with E-state index in [2.05, 4.69) is 0 Å². The molecule has 1 aliphatic rings. The molecule has 2 amide bonds. The number of hydrogen-bond donors (Lipinski definition) is 1. The third-order valence-corrected chi connectivity index (χ3v) is 3.14. The van der Waals surface area contributed by atoms with Gasteiger partial charge in [-0.2, -0.15) is 13.2 Å². The Morgan fingerprint density at radius 1 is 1.40 bits per heavy atom. The standard InChI is InChI=1S/C12H11F3N2O3/c1-17-10(19)6-3-5(9(16)18)4-7(12(13,14)15)8(6)11(17)20-2/h3-4,11H,1-2H3,(H2,16,18). The molecular weight excluding hydrogens is 277 g/mol. The zero-order valence-corrected chi connectivity index (χ0v) is 10.6. The predicted octanol–water partition coefficient (Wildman–Crippen LogP) is 1.53. The quantitative estimate of drug-likeness (QED) is 0.897. The Labute approximate surface area is 112 Å². The Kier molecular flexibility index (Phi) is 3.21. The minimum atomic E-state index is -4.72. The molecule has 1 unspecified atom stereocenters. The van der Waals surface area contributed by atoms with Gasteiger partial charge in [0.25, 0.3) is 5.91 Å². The van der Waals surface area contributed by atoms with Crippen molar-refractivity contribution in [1.29, 1.82) is 0 Å². The van der Waals surface area contributed by atoms with Crippen molar-refractivity contribution in [3.63, 3.8) is 0 Å². The molecule has 1 aromatic carbocycles. The molecule has 0 aliphatic carbocycles. The Morgan fingerprint density at radius 2 is 2.00 bits per heavy atom. The maximum absolute atomic E-state index is 13.1. The van der Waals surface area contributed by atoms with Gasteiger partial charge in [0, 0.05) is 30.8 Å². The number of fused-ring (bicyclic) bond motifs is 1. The fourth-order valence-corrected chi connectivity index (χ4v) is 2.24. The lowest BCUT2D eigenvalue weighted by atomic mass is 9.97. The number of rotatable bonds is 2. The van der Waals surface area contributed by atoms with E-state index < -0.39 is 29.8 Å². The van der Waals surface area contributed by atoms with E-state index in [1.165, 1.54) is 14.2 Å². The lowest BCUT2D eigenvalue weighted by Crippen LogP contribution is -2.24. The summed E-state index contributed by atoms with van der Waals surface area (Å²) in [4.78, 5) is 24.1. The number of carbonyl (C=O) groups excluding carboxylic acids is 2. The molecule has 2 N–H and O–H groups in total. The van der Waals surface area contributed by atoms with Gasteiger partial charge in [-0.25, -0.2) is 0 Å². The number of methoxy groups -OCH3 is 1. The first kappa shape index (κ1) is 14.3. The highest BCUT2D eigenvalue weighted by Gasteiger charge is 2.44. The first-order chi connectivity index (χ1) is 9.18. The summed E-state index contributed by atoms with van der Waals surface area (Å²) in [6, 6.07) is 1.70. The van der Waals surface area contributed by atoms with Crippen LogP contribution in [0.3, 0.4) is 0 Å². The molecule has 0 radical (unpaired) electrons. The highest BCUT2D eigenvalue weighted by molar-refractivity contribution is 6.03. The van der Waals surface area contributed by atoms with Gasteiger partial charge in [-0.3, -0.25) is 9.59 Å². The zero-order valence-electron chi connectivity index (χ0n) is 10.6. The largest absolute Gasteiger partial charge is 0.416 e. The van der Waals surface area contributed by atoms with E-state index in [4.69, 9.17) is 10.5 Å². The van der Waals surface area contributed by atoms with E-state index in [-0.39, 0.29) is 16.7 Å². The number of halogens is 3. The van der Waals surface area contributed by atoms with Gasteiger partial charge in [0.05, 0.1) is 5.56 Å². The summed E-state index contributed by atoms with van der Waals surface area (Å²) in [6.07, 6.45) is -5.87. The third-order valence-electron chi connectivity index (χ3n) is 3.14. The van der Waals surface area contributed by atoms with Gasteiger partial charge in [-0.05, 0) is 12.1 Å². The Morgan fingerprint density at radius 3 is 2.45 bits per heavy atom. The molecule has 2 rings (SSSR count). The van der Waals surface area contributed by atoms with Crippen molar-refractivity contribution in [2.75, 3.05) is 14.2 Å². The van der Waals surface area contributed by atoms with Crippen molar-refractivity contribution < 1.29 is 27.5 Å². The van der Waals surface area contributed by atoms with Crippen LogP contribution in [0.5, 0.6) is 0 Å². The van der Waals surface area contributed by atoms with Crippen molar-refractivity contribution in [1.82, 2.24) is 4.90 Å². The van der Waals surface area contributed by atoms with Gasteiger partial charge in [0.1, 0.15) is 0 Å². The molecule has 0 fully saturated rings. The number of benzene rings is 1. The number of alkyl halides is 3. The normalized spacial score (nSPS) is 18.4. The second kappa shape index (κ2) is 4.48. The zero-order chi connectivity index (χ0) is 15.2. The monoisotopic (exact) mass is 288 g/mol. The summed E-state index contributed by atoms with van der Waals surface area (Å²) in [5.74, 6) is -1.69. The highest BCUT2D eigenvalue weighted by Crippen LogP contribution is 2.42. The molecular formula is C12H11F3N2O3. The Hall–Kier alpha value is -2.09. The summed E-state index contributed by atoms with van der Waals surface area (Å²) >= 11 is 0. The molecule has 0 bridgehead atoms. The van der Waals surface area contributed by atoms with E-state index in [1.54, 1.807) is 0 Å². The SMILES string of the molecule is COC1c2c(cc(C(N)=O)cc2C(F)(F)F)C(=O)N1C.